The van der Waals surface area contributed by atoms with Crippen LogP contribution in [0.3, 0.4) is 0 Å². The molecule has 0 aliphatic heterocycles. The number of carbonyl (C=O) groups is 1. The molecule has 0 unspecified atom stereocenters. The Morgan fingerprint density at radius 3 is 2.73 bits per heavy atom. The first kappa shape index (κ1) is 9.20. The third kappa shape index (κ3) is 1.41. The molecule has 0 bridgehead atoms. The van der Waals surface area contributed by atoms with Gasteiger partial charge >= 0.3 is 17.9 Å². The molecule has 76 valence electrons. The van der Waals surface area contributed by atoms with E-state index < -0.39 is 11.4 Å². The smallest absolute Gasteiger partial charge is 0.370 e. The van der Waals surface area contributed by atoms with Gasteiger partial charge in [0.15, 0.2) is 0 Å². The summed E-state index contributed by atoms with van der Waals surface area (Å²) < 4.78 is 4.96. The van der Waals surface area contributed by atoms with E-state index in [1.165, 1.54) is 12.1 Å². The molecule has 0 saturated heterocycles. The molecule has 15 heavy (non-hydrogen) atoms. The molecule has 6 heteroatoms. The van der Waals surface area contributed by atoms with Crippen LogP contribution >= 0.6 is 0 Å². The summed E-state index contributed by atoms with van der Waals surface area (Å²) in [4.78, 5) is 36.9. The van der Waals surface area contributed by atoms with Crippen LogP contribution in [-0.2, 0) is 4.79 Å². The Morgan fingerprint density at radius 2 is 2.00 bits per heavy atom. The lowest BCUT2D eigenvalue weighted by molar-refractivity contribution is -0.129. The van der Waals surface area contributed by atoms with E-state index in [1.54, 1.807) is 12.1 Å². The lowest BCUT2D eigenvalue weighted by Gasteiger charge is -2.02. The van der Waals surface area contributed by atoms with E-state index in [0.29, 0.717) is 4.73 Å². The monoisotopic (exact) mass is 207 g/mol. The van der Waals surface area contributed by atoms with Crippen molar-refractivity contribution in [3.63, 3.8) is 0 Å². The zero-order valence-corrected chi connectivity index (χ0v) is 7.38. The van der Waals surface area contributed by atoms with Crippen LogP contribution in [0.25, 0.3) is 10.9 Å². The van der Waals surface area contributed by atoms with Gasteiger partial charge in [-0.15, -0.1) is 4.73 Å². The molecule has 1 aromatic heterocycles. The third-order valence-corrected chi connectivity index (χ3v) is 1.84. The Balaban J connectivity index is 2.96. The van der Waals surface area contributed by atoms with Gasteiger partial charge in [-0.1, -0.05) is 12.1 Å². The van der Waals surface area contributed by atoms with Crippen molar-refractivity contribution in [3.05, 3.63) is 45.2 Å². The minimum absolute atomic E-state index is 0.0772. The molecule has 0 N–H and O–H groups in total. The van der Waals surface area contributed by atoms with Crippen LogP contribution in [-0.4, -0.2) is 11.2 Å². The summed E-state index contributed by atoms with van der Waals surface area (Å²) in [5, 5.41) is 0.166. The summed E-state index contributed by atoms with van der Waals surface area (Å²) in [6, 6.07) is 6.14. The second kappa shape index (κ2) is 3.41. The maximum Gasteiger partial charge on any atom is 0.456 e. The molecule has 1 heterocycles. The third-order valence-electron chi connectivity index (χ3n) is 1.84. The zero-order chi connectivity index (χ0) is 10.8. The van der Waals surface area contributed by atoms with Gasteiger partial charge in [-0.25, -0.2) is 9.59 Å². The first-order chi connectivity index (χ1) is 7.24. The Hall–Kier alpha value is -2.37. The van der Waals surface area contributed by atoms with Gasteiger partial charge in [0.2, 0.25) is 0 Å². The predicted molar refractivity (Wildman–Crippen MR) is 49.4 cm³/mol. The van der Waals surface area contributed by atoms with Crippen molar-refractivity contribution in [1.29, 1.82) is 0 Å². The molecule has 0 aliphatic rings. The highest BCUT2D eigenvalue weighted by atomic mass is 16.7. The molecule has 1 aromatic carbocycles. The highest BCUT2D eigenvalue weighted by Crippen LogP contribution is 2.05. The Morgan fingerprint density at radius 1 is 1.27 bits per heavy atom. The van der Waals surface area contributed by atoms with Crippen molar-refractivity contribution in [3.8, 4) is 0 Å². The first-order valence-electron chi connectivity index (χ1n) is 4.00. The second-order valence-electron chi connectivity index (χ2n) is 2.67. The van der Waals surface area contributed by atoms with E-state index in [2.05, 4.69) is 9.25 Å². The molecular formula is C9H5NO5. The molecule has 0 atom stereocenters. The number of hydrogen-bond acceptors (Lipinski definition) is 5. The minimum Gasteiger partial charge on any atom is -0.370 e. The van der Waals surface area contributed by atoms with E-state index >= 15 is 0 Å². The summed E-state index contributed by atoms with van der Waals surface area (Å²) >= 11 is 0. The normalized spacial score (nSPS) is 10.1. The van der Waals surface area contributed by atoms with Crippen molar-refractivity contribution < 1.29 is 14.0 Å². The molecule has 2 rings (SSSR count). The van der Waals surface area contributed by atoms with Gasteiger partial charge in [0.25, 0.3) is 0 Å². The minimum atomic E-state index is -1.04. The van der Waals surface area contributed by atoms with E-state index in [1.807, 2.05) is 0 Å². The number of fused-ring (bicyclic) bond motifs is 1. The SMILES string of the molecule is O=COn1c(=O)oc(=O)c2ccccc21. The molecule has 0 amide bonds. The van der Waals surface area contributed by atoms with Crippen LogP contribution < -0.4 is 16.2 Å². The topological polar surface area (TPSA) is 78.5 Å². The number of nitrogens with zero attached hydrogens (tertiary/aromatic N) is 1. The number of para-hydroxylation sites is 1. The van der Waals surface area contributed by atoms with Crippen molar-refractivity contribution >= 4 is 17.4 Å². The maximum atomic E-state index is 11.2. The number of benzene rings is 1. The molecule has 0 saturated carbocycles. The Kier molecular flexibility index (Phi) is 2.09. The fourth-order valence-electron chi connectivity index (χ4n) is 1.24. The molecule has 0 fully saturated rings. The second-order valence-corrected chi connectivity index (χ2v) is 2.67. The molecule has 0 radical (unpaired) electrons. The molecular weight excluding hydrogens is 202 g/mol. The summed E-state index contributed by atoms with van der Waals surface area (Å²) in [7, 11) is 0. The van der Waals surface area contributed by atoms with Crippen molar-refractivity contribution in [1.82, 2.24) is 4.73 Å². The highest BCUT2D eigenvalue weighted by molar-refractivity contribution is 5.77. The summed E-state index contributed by atoms with van der Waals surface area (Å²) in [5.41, 5.74) is -0.577. The quantitative estimate of drug-likeness (QED) is 0.622. The Labute approximate surface area is 82.3 Å². The predicted octanol–water partition coefficient (Wildman–Crippen LogP) is -0.460. The molecule has 0 spiro atoms. The van der Waals surface area contributed by atoms with Gasteiger partial charge in [0.05, 0.1) is 5.39 Å². The van der Waals surface area contributed by atoms with Gasteiger partial charge in [0.1, 0.15) is 5.52 Å². The van der Waals surface area contributed by atoms with Crippen LogP contribution in [0.5, 0.6) is 0 Å². The Bertz CT molecular complexity index is 624. The number of rotatable bonds is 2. The van der Waals surface area contributed by atoms with E-state index in [4.69, 9.17) is 0 Å². The lowest BCUT2D eigenvalue weighted by atomic mass is 10.2. The van der Waals surface area contributed by atoms with Crippen LogP contribution in [0.15, 0.2) is 38.3 Å². The zero-order valence-electron chi connectivity index (χ0n) is 7.38. The van der Waals surface area contributed by atoms with E-state index in [-0.39, 0.29) is 17.4 Å². The van der Waals surface area contributed by atoms with Crippen molar-refractivity contribution in [2.24, 2.45) is 0 Å². The first-order valence-corrected chi connectivity index (χ1v) is 4.00. The average Bonchev–Trinajstić information content (AvgIpc) is 2.24. The van der Waals surface area contributed by atoms with Crippen molar-refractivity contribution in [2.75, 3.05) is 0 Å². The van der Waals surface area contributed by atoms with Gasteiger partial charge < -0.3 is 9.25 Å². The number of aromatic nitrogens is 1. The lowest BCUT2D eigenvalue weighted by Crippen LogP contribution is -2.29. The van der Waals surface area contributed by atoms with E-state index in [0.717, 1.165) is 0 Å². The van der Waals surface area contributed by atoms with Crippen molar-refractivity contribution in [2.45, 2.75) is 0 Å². The molecule has 2 aromatic rings. The summed E-state index contributed by atoms with van der Waals surface area (Å²) in [6.07, 6.45) is 0. The fourth-order valence-corrected chi connectivity index (χ4v) is 1.24. The largest absolute Gasteiger partial charge is 0.456 e. The summed E-state index contributed by atoms with van der Waals surface area (Å²) in [6.45, 7) is 0.0772. The van der Waals surface area contributed by atoms with Gasteiger partial charge in [-0.3, -0.25) is 4.79 Å². The van der Waals surface area contributed by atoms with E-state index in [9.17, 15) is 14.4 Å². The van der Waals surface area contributed by atoms with Crippen LogP contribution in [0.2, 0.25) is 0 Å². The van der Waals surface area contributed by atoms with Gasteiger partial charge in [0, 0.05) is 0 Å². The summed E-state index contributed by atoms with van der Waals surface area (Å²) in [5.74, 6) is -1.04. The fraction of sp³-hybridized carbons (Fsp3) is 0. The highest BCUT2D eigenvalue weighted by Gasteiger charge is 2.08. The van der Waals surface area contributed by atoms with Gasteiger partial charge in [-0.2, -0.15) is 0 Å². The molecule has 0 aliphatic carbocycles. The maximum absolute atomic E-state index is 11.2. The van der Waals surface area contributed by atoms with Crippen LogP contribution in [0, 0.1) is 0 Å². The number of carbonyl (C=O) groups excluding carboxylic acids is 1. The number of hydrogen-bond donors (Lipinski definition) is 0. The standard InChI is InChI=1S/C9H5NO5/c11-5-14-10-7-4-2-1-3-6(7)8(12)15-9(10)13/h1-5H. The molecule has 6 nitrogen and oxygen atoms in total. The van der Waals surface area contributed by atoms with Crippen LogP contribution in [0.1, 0.15) is 0 Å². The average molecular weight is 207 g/mol. The van der Waals surface area contributed by atoms with Crippen LogP contribution in [0.4, 0.5) is 0 Å². The van der Waals surface area contributed by atoms with Gasteiger partial charge in [-0.05, 0) is 12.1 Å².